The summed E-state index contributed by atoms with van der Waals surface area (Å²) in [5.74, 6) is -0.316. The topological polar surface area (TPSA) is 77.2 Å². The van der Waals surface area contributed by atoms with Crippen molar-refractivity contribution in [2.45, 2.75) is 19.4 Å². The van der Waals surface area contributed by atoms with Crippen LogP contribution in [0.2, 0.25) is 0 Å². The molecule has 8 heteroatoms. The van der Waals surface area contributed by atoms with E-state index in [1.54, 1.807) is 18.2 Å². The van der Waals surface area contributed by atoms with E-state index in [1.807, 2.05) is 4.90 Å². The van der Waals surface area contributed by atoms with E-state index in [0.717, 1.165) is 25.9 Å². The largest absolute Gasteiger partial charge is 0.494 e. The molecule has 0 amide bonds. The molecule has 142 valence electrons. The van der Waals surface area contributed by atoms with E-state index >= 15 is 0 Å². The average molecular weight is 373 g/mol. The first kappa shape index (κ1) is 18.6. The number of nitrogens with zero attached hydrogens (tertiary/aromatic N) is 3. The van der Waals surface area contributed by atoms with Gasteiger partial charge in [-0.05, 0) is 36.6 Å². The summed E-state index contributed by atoms with van der Waals surface area (Å²) in [5, 5.41) is 15.2. The predicted molar refractivity (Wildman–Crippen MR) is 99.9 cm³/mol. The maximum atomic E-state index is 13.6. The quantitative estimate of drug-likeness (QED) is 0.418. The van der Waals surface area contributed by atoms with Crippen molar-refractivity contribution in [3.05, 3.63) is 63.5 Å². The Bertz CT molecular complexity index is 851. The van der Waals surface area contributed by atoms with Crippen molar-refractivity contribution < 1.29 is 18.9 Å². The lowest BCUT2D eigenvalue weighted by atomic mass is 10.1. The number of ether oxygens (including phenoxy) is 1. The first-order valence-electron chi connectivity index (χ1n) is 8.59. The minimum Gasteiger partial charge on any atom is -0.494 e. The van der Waals surface area contributed by atoms with Gasteiger partial charge in [0.15, 0.2) is 11.6 Å². The summed E-state index contributed by atoms with van der Waals surface area (Å²) in [7, 11) is 1.40. The van der Waals surface area contributed by atoms with Gasteiger partial charge in [-0.2, -0.15) is 0 Å². The van der Waals surface area contributed by atoms with Crippen LogP contribution < -0.4 is 9.64 Å². The molecule has 1 aliphatic rings. The molecule has 7 nitrogen and oxygen atoms in total. The fourth-order valence-electron chi connectivity index (χ4n) is 3.00. The summed E-state index contributed by atoms with van der Waals surface area (Å²) >= 11 is 0. The van der Waals surface area contributed by atoms with Gasteiger partial charge in [0, 0.05) is 24.7 Å². The number of hydrogen-bond donors (Lipinski definition) is 0. The number of halogens is 1. The van der Waals surface area contributed by atoms with E-state index in [0.29, 0.717) is 16.8 Å². The van der Waals surface area contributed by atoms with E-state index in [4.69, 9.17) is 9.57 Å². The fourth-order valence-corrected chi connectivity index (χ4v) is 3.00. The van der Waals surface area contributed by atoms with Crippen LogP contribution in [0.1, 0.15) is 24.0 Å². The van der Waals surface area contributed by atoms with Crippen LogP contribution in [0, 0.1) is 15.9 Å². The monoisotopic (exact) mass is 373 g/mol. The summed E-state index contributed by atoms with van der Waals surface area (Å²) in [6, 6.07) is 9.48. The van der Waals surface area contributed by atoms with Gasteiger partial charge in [-0.25, -0.2) is 4.39 Å². The van der Waals surface area contributed by atoms with Crippen LogP contribution in [-0.4, -0.2) is 31.3 Å². The Morgan fingerprint density at radius 2 is 2.04 bits per heavy atom. The minimum atomic E-state index is -0.476. The van der Waals surface area contributed by atoms with Crippen LogP contribution >= 0.6 is 0 Å². The molecule has 0 atom stereocenters. The second-order valence-electron chi connectivity index (χ2n) is 6.18. The molecule has 0 unspecified atom stereocenters. The van der Waals surface area contributed by atoms with Crippen molar-refractivity contribution in [3.8, 4) is 5.75 Å². The number of nitro benzene ring substituents is 1. The van der Waals surface area contributed by atoms with E-state index < -0.39 is 5.82 Å². The van der Waals surface area contributed by atoms with Gasteiger partial charge in [0.25, 0.3) is 5.69 Å². The Morgan fingerprint density at radius 1 is 1.26 bits per heavy atom. The van der Waals surface area contributed by atoms with Gasteiger partial charge in [-0.1, -0.05) is 17.3 Å². The van der Waals surface area contributed by atoms with Gasteiger partial charge in [0.2, 0.25) is 0 Å². The summed E-state index contributed by atoms with van der Waals surface area (Å²) in [4.78, 5) is 18.2. The van der Waals surface area contributed by atoms with Crippen molar-refractivity contribution in [3.63, 3.8) is 0 Å². The number of hydrogen-bond acceptors (Lipinski definition) is 6. The molecule has 1 heterocycles. The van der Waals surface area contributed by atoms with Gasteiger partial charge in [-0.3, -0.25) is 10.1 Å². The van der Waals surface area contributed by atoms with E-state index in [9.17, 15) is 14.5 Å². The number of anilines is 1. The highest BCUT2D eigenvalue weighted by atomic mass is 19.1. The van der Waals surface area contributed by atoms with Crippen molar-refractivity contribution in [1.29, 1.82) is 0 Å². The highest BCUT2D eigenvalue weighted by Gasteiger charge is 2.22. The molecule has 27 heavy (non-hydrogen) atoms. The van der Waals surface area contributed by atoms with Crippen LogP contribution in [0.4, 0.5) is 15.8 Å². The second kappa shape index (κ2) is 8.48. The lowest BCUT2D eigenvalue weighted by Gasteiger charge is -2.17. The van der Waals surface area contributed by atoms with E-state index in [2.05, 4.69) is 5.16 Å². The first-order chi connectivity index (χ1) is 13.1. The molecule has 0 aromatic heterocycles. The van der Waals surface area contributed by atoms with Gasteiger partial charge < -0.3 is 14.5 Å². The maximum Gasteiger partial charge on any atom is 0.293 e. The van der Waals surface area contributed by atoms with Crippen LogP contribution in [-0.2, 0) is 11.4 Å². The smallest absolute Gasteiger partial charge is 0.293 e. The molecular formula is C19H20FN3O4. The van der Waals surface area contributed by atoms with Crippen molar-refractivity contribution in [1.82, 2.24) is 0 Å². The van der Waals surface area contributed by atoms with Crippen LogP contribution in [0.25, 0.3) is 0 Å². The Kier molecular flexibility index (Phi) is 5.85. The molecule has 0 N–H and O–H groups in total. The molecule has 3 rings (SSSR count). The Labute approximate surface area is 156 Å². The normalized spacial score (nSPS) is 13.9. The molecule has 0 bridgehead atoms. The van der Waals surface area contributed by atoms with Gasteiger partial charge in [-0.15, -0.1) is 0 Å². The van der Waals surface area contributed by atoms with Crippen LogP contribution in [0.15, 0.2) is 41.6 Å². The van der Waals surface area contributed by atoms with Gasteiger partial charge in [0.1, 0.15) is 12.3 Å². The summed E-state index contributed by atoms with van der Waals surface area (Å²) < 4.78 is 18.5. The number of nitro groups is 1. The molecule has 0 spiro atoms. The maximum absolute atomic E-state index is 13.6. The van der Waals surface area contributed by atoms with E-state index in [-0.39, 0.29) is 23.0 Å². The third-order valence-corrected chi connectivity index (χ3v) is 4.37. The number of rotatable bonds is 7. The van der Waals surface area contributed by atoms with Gasteiger partial charge >= 0.3 is 0 Å². The Balaban J connectivity index is 1.65. The lowest BCUT2D eigenvalue weighted by molar-refractivity contribution is -0.384. The molecule has 2 aromatic rings. The minimum absolute atomic E-state index is 0.0538. The molecule has 1 aliphatic heterocycles. The van der Waals surface area contributed by atoms with Crippen molar-refractivity contribution in [2.24, 2.45) is 5.16 Å². The van der Waals surface area contributed by atoms with Crippen LogP contribution in [0.5, 0.6) is 5.75 Å². The molecular weight excluding hydrogens is 353 g/mol. The third-order valence-electron chi connectivity index (χ3n) is 4.37. The summed E-state index contributed by atoms with van der Waals surface area (Å²) in [6.07, 6.45) is 3.49. The SMILES string of the molecule is COc1ccc(CON=Cc2ccc(N3CCCC3)c([N+](=O)[O-])c2)cc1F. The Morgan fingerprint density at radius 3 is 2.70 bits per heavy atom. The highest BCUT2D eigenvalue weighted by Crippen LogP contribution is 2.31. The zero-order valence-corrected chi connectivity index (χ0v) is 14.9. The van der Waals surface area contributed by atoms with Crippen molar-refractivity contribution >= 4 is 17.6 Å². The zero-order valence-electron chi connectivity index (χ0n) is 14.9. The molecule has 2 aromatic carbocycles. The summed E-state index contributed by atoms with van der Waals surface area (Å²) in [5.41, 5.74) is 1.84. The number of methoxy groups -OCH3 is 1. The predicted octanol–water partition coefficient (Wildman–Crippen LogP) is 3.89. The highest BCUT2D eigenvalue weighted by molar-refractivity contribution is 5.83. The third kappa shape index (κ3) is 4.52. The molecule has 1 fully saturated rings. The number of benzene rings is 2. The first-order valence-corrected chi connectivity index (χ1v) is 8.59. The average Bonchev–Trinajstić information content (AvgIpc) is 3.20. The second-order valence-corrected chi connectivity index (χ2v) is 6.18. The molecule has 0 radical (unpaired) electrons. The standard InChI is InChI=1S/C19H20FN3O4/c1-26-19-7-5-15(10-16(19)20)13-27-21-12-14-4-6-17(18(11-14)23(24)25)22-8-2-3-9-22/h4-7,10-12H,2-3,8-9,13H2,1H3. The Hall–Kier alpha value is -3.16. The van der Waals surface area contributed by atoms with E-state index in [1.165, 1.54) is 31.5 Å². The van der Waals surface area contributed by atoms with Crippen molar-refractivity contribution in [2.75, 3.05) is 25.1 Å². The van der Waals surface area contributed by atoms with Gasteiger partial charge in [0.05, 0.1) is 18.2 Å². The molecule has 0 saturated carbocycles. The lowest BCUT2D eigenvalue weighted by Crippen LogP contribution is -2.18. The number of oxime groups is 1. The molecule has 0 aliphatic carbocycles. The molecule has 1 saturated heterocycles. The van der Waals surface area contributed by atoms with Crippen LogP contribution in [0.3, 0.4) is 0 Å². The zero-order chi connectivity index (χ0) is 19.2. The fraction of sp³-hybridized carbons (Fsp3) is 0.316. The summed E-state index contributed by atoms with van der Waals surface area (Å²) in [6.45, 7) is 1.73.